The Balaban J connectivity index is 1.71. The monoisotopic (exact) mass is 413 g/mol. The first-order valence-corrected chi connectivity index (χ1v) is 9.68. The molecule has 1 saturated heterocycles. The van der Waals surface area contributed by atoms with Crippen molar-refractivity contribution in [2.45, 2.75) is 32.3 Å². The molecule has 3 heterocycles. The number of hydrogen-bond acceptors (Lipinski definition) is 9. The molecule has 3 N–H and O–H groups in total. The van der Waals surface area contributed by atoms with Gasteiger partial charge in [-0.05, 0) is 19.1 Å². The molecule has 1 aromatic carbocycles. The van der Waals surface area contributed by atoms with Gasteiger partial charge in [0, 0.05) is 5.92 Å². The molecule has 1 aliphatic rings. The van der Waals surface area contributed by atoms with Crippen LogP contribution in [-0.4, -0.2) is 56.0 Å². The molecule has 0 bridgehead atoms. The number of nitrogens with zero attached hydrogens (tertiary/aromatic N) is 4. The van der Waals surface area contributed by atoms with E-state index in [0.29, 0.717) is 23.3 Å². The van der Waals surface area contributed by atoms with E-state index in [-0.39, 0.29) is 24.4 Å². The third kappa shape index (κ3) is 3.55. The fraction of sp³-hybridized carbons (Fsp3) is 0.400. The number of carbonyl (C=O) groups is 1. The summed E-state index contributed by atoms with van der Waals surface area (Å²) in [5.41, 5.74) is 7.08. The summed E-state index contributed by atoms with van der Waals surface area (Å²) in [6.45, 7) is 3.86. The van der Waals surface area contributed by atoms with Gasteiger partial charge in [0.1, 0.15) is 0 Å². The van der Waals surface area contributed by atoms with Crippen LogP contribution in [0.1, 0.15) is 30.4 Å². The van der Waals surface area contributed by atoms with E-state index < -0.39 is 24.4 Å². The zero-order chi connectivity index (χ0) is 21.3. The van der Waals surface area contributed by atoms with Crippen molar-refractivity contribution in [2.75, 3.05) is 18.9 Å². The Morgan fingerprint density at radius 1 is 1.30 bits per heavy atom. The lowest BCUT2D eigenvalue weighted by molar-refractivity contribution is -0.0563. The van der Waals surface area contributed by atoms with E-state index >= 15 is 0 Å². The predicted octanol–water partition coefficient (Wildman–Crippen LogP) is 1.56. The van der Waals surface area contributed by atoms with Gasteiger partial charge in [0.2, 0.25) is 11.8 Å². The highest BCUT2D eigenvalue weighted by molar-refractivity contribution is 5.89. The van der Waals surface area contributed by atoms with Crippen molar-refractivity contribution in [1.82, 2.24) is 19.5 Å². The molecular weight excluding hydrogens is 390 g/mol. The number of aromatic nitrogens is 4. The molecule has 3 aromatic rings. The van der Waals surface area contributed by atoms with Gasteiger partial charge in [0.05, 0.1) is 31.2 Å². The number of anilines is 1. The minimum atomic E-state index is -0.751. The topological polar surface area (TPSA) is 135 Å². The van der Waals surface area contributed by atoms with Crippen LogP contribution in [-0.2, 0) is 9.47 Å². The van der Waals surface area contributed by atoms with E-state index in [9.17, 15) is 9.90 Å². The molecule has 10 nitrogen and oxygen atoms in total. The Hall–Kier alpha value is -3.24. The molecule has 0 amide bonds. The number of carbonyl (C=O) groups excluding carboxylic acids is 1. The predicted molar refractivity (Wildman–Crippen MR) is 107 cm³/mol. The van der Waals surface area contributed by atoms with Gasteiger partial charge in [0.15, 0.2) is 23.5 Å². The summed E-state index contributed by atoms with van der Waals surface area (Å²) in [7, 11) is 0. The number of ether oxygens (including phenoxy) is 3. The molecule has 10 heteroatoms. The van der Waals surface area contributed by atoms with Gasteiger partial charge < -0.3 is 25.1 Å². The smallest absolute Gasteiger partial charge is 0.338 e. The van der Waals surface area contributed by atoms with Crippen molar-refractivity contribution >= 4 is 23.1 Å². The van der Waals surface area contributed by atoms with Crippen LogP contribution in [0.4, 0.5) is 5.95 Å². The van der Waals surface area contributed by atoms with Gasteiger partial charge in [-0.15, -0.1) is 0 Å². The minimum absolute atomic E-state index is 0.0234. The van der Waals surface area contributed by atoms with E-state index in [4.69, 9.17) is 19.9 Å². The summed E-state index contributed by atoms with van der Waals surface area (Å²) >= 11 is 0. The number of rotatable bonds is 6. The minimum Gasteiger partial charge on any atom is -0.476 e. The third-order valence-corrected chi connectivity index (χ3v) is 5.09. The van der Waals surface area contributed by atoms with Crippen molar-refractivity contribution in [3.63, 3.8) is 0 Å². The van der Waals surface area contributed by atoms with Crippen LogP contribution in [0.5, 0.6) is 5.88 Å². The number of hydrogen-bond donors (Lipinski definition) is 2. The normalized spacial score (nSPS) is 23.6. The van der Waals surface area contributed by atoms with E-state index in [1.54, 1.807) is 28.8 Å². The third-order valence-electron chi connectivity index (χ3n) is 5.09. The Morgan fingerprint density at radius 2 is 2.07 bits per heavy atom. The fourth-order valence-corrected chi connectivity index (χ4v) is 3.55. The van der Waals surface area contributed by atoms with E-state index in [1.165, 1.54) is 6.33 Å². The largest absolute Gasteiger partial charge is 0.476 e. The average molecular weight is 413 g/mol. The van der Waals surface area contributed by atoms with Gasteiger partial charge in [-0.3, -0.25) is 4.57 Å². The van der Waals surface area contributed by atoms with Gasteiger partial charge in [-0.2, -0.15) is 9.97 Å². The lowest BCUT2D eigenvalue weighted by Crippen LogP contribution is -2.31. The summed E-state index contributed by atoms with van der Waals surface area (Å²) in [4.78, 5) is 25.4. The van der Waals surface area contributed by atoms with Crippen LogP contribution in [0.15, 0.2) is 36.7 Å². The number of nitrogen functional groups attached to an aromatic ring is 1. The maximum Gasteiger partial charge on any atom is 0.338 e. The Morgan fingerprint density at radius 3 is 2.77 bits per heavy atom. The number of esters is 1. The molecule has 0 spiro atoms. The second-order valence-corrected chi connectivity index (χ2v) is 6.99. The Bertz CT molecular complexity index is 1040. The van der Waals surface area contributed by atoms with Crippen molar-refractivity contribution in [2.24, 2.45) is 5.92 Å². The number of fused-ring (bicyclic) bond motifs is 1. The Labute approximate surface area is 172 Å². The SMILES string of the molecule is CCOc1nc(N)nc2c1ncn2[C@@H]1O[C@H](CO)[C@@H](C)[C@H]1OC(=O)c1ccccc1. The molecule has 4 atom stereocenters. The number of aliphatic hydroxyl groups is 1. The lowest BCUT2D eigenvalue weighted by Gasteiger charge is -2.22. The van der Waals surface area contributed by atoms with Crippen LogP contribution in [0.3, 0.4) is 0 Å². The second kappa shape index (κ2) is 8.25. The molecule has 0 saturated carbocycles. The van der Waals surface area contributed by atoms with Crippen LogP contribution in [0.2, 0.25) is 0 Å². The Kier molecular flexibility index (Phi) is 5.51. The lowest BCUT2D eigenvalue weighted by atomic mass is 10.0. The molecule has 0 aliphatic carbocycles. The number of imidazole rings is 1. The average Bonchev–Trinajstić information content (AvgIpc) is 3.30. The number of aliphatic hydroxyl groups excluding tert-OH is 1. The van der Waals surface area contributed by atoms with Crippen LogP contribution < -0.4 is 10.5 Å². The molecule has 158 valence electrons. The first-order chi connectivity index (χ1) is 14.5. The highest BCUT2D eigenvalue weighted by Crippen LogP contribution is 2.38. The molecule has 30 heavy (non-hydrogen) atoms. The summed E-state index contributed by atoms with van der Waals surface area (Å²) in [5, 5.41) is 9.74. The first-order valence-electron chi connectivity index (χ1n) is 9.68. The fourth-order valence-electron chi connectivity index (χ4n) is 3.55. The van der Waals surface area contributed by atoms with E-state index in [0.717, 1.165) is 0 Å². The quantitative estimate of drug-likeness (QED) is 0.577. The van der Waals surface area contributed by atoms with Gasteiger partial charge in [-0.25, -0.2) is 9.78 Å². The molecule has 0 unspecified atom stereocenters. The zero-order valence-electron chi connectivity index (χ0n) is 16.6. The standard InChI is InChI=1S/C20H23N5O5/c1-3-28-17-14-16(23-20(21)24-17)25(10-22-14)18-15(11(2)13(9-26)29-18)30-19(27)12-7-5-4-6-8-12/h4-8,10-11,13,15,18,26H,3,9H2,1-2H3,(H2,21,23,24)/t11-,13-,15-,18-/m1/s1. The van der Waals surface area contributed by atoms with Crippen molar-refractivity contribution in [3.05, 3.63) is 42.2 Å². The summed E-state index contributed by atoms with van der Waals surface area (Å²) in [6, 6.07) is 8.70. The van der Waals surface area contributed by atoms with E-state index in [1.807, 2.05) is 19.9 Å². The van der Waals surface area contributed by atoms with Crippen molar-refractivity contribution in [3.8, 4) is 5.88 Å². The van der Waals surface area contributed by atoms with Crippen LogP contribution in [0, 0.1) is 5.92 Å². The number of nitrogens with two attached hydrogens (primary N) is 1. The van der Waals surface area contributed by atoms with Gasteiger partial charge in [-0.1, -0.05) is 25.1 Å². The summed E-state index contributed by atoms with van der Waals surface area (Å²) in [6.07, 6.45) is -0.439. The summed E-state index contributed by atoms with van der Waals surface area (Å²) < 4.78 is 19.0. The van der Waals surface area contributed by atoms with Crippen molar-refractivity contribution < 1.29 is 24.1 Å². The van der Waals surface area contributed by atoms with Crippen molar-refractivity contribution in [1.29, 1.82) is 0 Å². The van der Waals surface area contributed by atoms with Crippen LogP contribution >= 0.6 is 0 Å². The molecule has 1 aliphatic heterocycles. The maximum atomic E-state index is 12.7. The first kappa shape index (κ1) is 20.0. The molecule has 0 radical (unpaired) electrons. The molecule has 2 aromatic heterocycles. The summed E-state index contributed by atoms with van der Waals surface area (Å²) in [5.74, 6) is -0.458. The molecular formula is C20H23N5O5. The van der Waals surface area contributed by atoms with Gasteiger partial charge >= 0.3 is 5.97 Å². The highest BCUT2D eigenvalue weighted by Gasteiger charge is 2.46. The highest BCUT2D eigenvalue weighted by atomic mass is 16.6. The number of benzene rings is 1. The molecule has 1 fully saturated rings. The van der Waals surface area contributed by atoms with Crippen LogP contribution in [0.25, 0.3) is 11.2 Å². The maximum absolute atomic E-state index is 12.7. The molecule has 4 rings (SSSR count). The zero-order valence-corrected chi connectivity index (χ0v) is 16.6. The van der Waals surface area contributed by atoms with Gasteiger partial charge in [0.25, 0.3) is 0 Å². The van der Waals surface area contributed by atoms with E-state index in [2.05, 4.69) is 15.0 Å². The second-order valence-electron chi connectivity index (χ2n) is 6.99.